The van der Waals surface area contributed by atoms with E-state index in [-0.39, 0.29) is 0 Å². The molecule has 11 nitrogen and oxygen atoms in total. The SMILES string of the molecule is O=[N+]([O-])c1c(O)cc(O)c([N+](=O)[O-])c1[N+](=O)[O-]. The van der Waals surface area contributed by atoms with Gasteiger partial charge in [-0.25, -0.2) is 0 Å². The van der Waals surface area contributed by atoms with Crippen molar-refractivity contribution in [2.24, 2.45) is 0 Å². The molecule has 0 atom stereocenters. The van der Waals surface area contributed by atoms with Crippen molar-refractivity contribution in [1.29, 1.82) is 0 Å². The van der Waals surface area contributed by atoms with Gasteiger partial charge in [0, 0.05) is 6.07 Å². The Balaban J connectivity index is 3.85. The van der Waals surface area contributed by atoms with Crippen LogP contribution in [-0.4, -0.2) is 25.0 Å². The van der Waals surface area contributed by atoms with E-state index in [4.69, 9.17) is 10.2 Å². The molecular formula is C6H3N3O8. The fourth-order valence-corrected chi connectivity index (χ4v) is 1.15. The van der Waals surface area contributed by atoms with Gasteiger partial charge in [-0.15, -0.1) is 0 Å². The molecule has 0 radical (unpaired) electrons. The van der Waals surface area contributed by atoms with E-state index in [9.17, 15) is 30.3 Å². The number of benzene rings is 1. The Bertz CT molecular complexity index is 500. The predicted molar refractivity (Wildman–Crippen MR) is 49.7 cm³/mol. The molecule has 0 aliphatic carbocycles. The maximum absolute atomic E-state index is 10.5. The van der Waals surface area contributed by atoms with E-state index in [1.807, 2.05) is 0 Å². The highest BCUT2D eigenvalue weighted by molar-refractivity contribution is 5.76. The molecule has 0 bridgehead atoms. The van der Waals surface area contributed by atoms with Gasteiger partial charge in [-0.1, -0.05) is 0 Å². The highest BCUT2D eigenvalue weighted by Crippen LogP contribution is 2.47. The highest BCUT2D eigenvalue weighted by atomic mass is 16.6. The van der Waals surface area contributed by atoms with Crippen molar-refractivity contribution >= 4 is 17.1 Å². The lowest BCUT2D eigenvalue weighted by Crippen LogP contribution is -2.02. The number of hydrogen-bond donors (Lipinski definition) is 2. The molecule has 1 rings (SSSR count). The minimum absolute atomic E-state index is 0.295. The summed E-state index contributed by atoms with van der Waals surface area (Å²) in [4.78, 5) is 27.4. The standard InChI is InChI=1S/C6H3N3O8/c10-2-1-3(11)5(8(14)15)6(9(16)17)4(2)7(12)13/h1,10-11H. The molecule has 0 aromatic heterocycles. The van der Waals surface area contributed by atoms with E-state index >= 15 is 0 Å². The zero-order valence-electron chi connectivity index (χ0n) is 7.76. The van der Waals surface area contributed by atoms with Crippen molar-refractivity contribution in [3.8, 4) is 11.5 Å². The van der Waals surface area contributed by atoms with E-state index < -0.39 is 43.3 Å². The smallest absolute Gasteiger partial charge is 0.430 e. The zero-order valence-corrected chi connectivity index (χ0v) is 7.76. The van der Waals surface area contributed by atoms with Gasteiger partial charge in [0.25, 0.3) is 0 Å². The monoisotopic (exact) mass is 245 g/mol. The lowest BCUT2D eigenvalue weighted by Gasteiger charge is -2.00. The van der Waals surface area contributed by atoms with E-state index in [2.05, 4.69) is 0 Å². The second-order valence-corrected chi connectivity index (χ2v) is 2.73. The van der Waals surface area contributed by atoms with Crippen LogP contribution in [0.15, 0.2) is 6.07 Å². The average molecular weight is 245 g/mol. The first-order chi connectivity index (χ1) is 7.77. The Hall–Kier alpha value is -2.98. The quantitative estimate of drug-likeness (QED) is 0.581. The molecule has 0 aliphatic rings. The predicted octanol–water partition coefficient (Wildman–Crippen LogP) is 0.822. The van der Waals surface area contributed by atoms with Crippen LogP contribution in [0.5, 0.6) is 11.5 Å². The molecule has 1 aromatic rings. The molecule has 11 heteroatoms. The number of hydrogen-bond acceptors (Lipinski definition) is 8. The van der Waals surface area contributed by atoms with Crippen LogP contribution in [-0.2, 0) is 0 Å². The minimum atomic E-state index is -1.57. The molecule has 0 spiro atoms. The molecule has 0 heterocycles. The van der Waals surface area contributed by atoms with Crippen LogP contribution in [0, 0.1) is 30.3 Å². The lowest BCUT2D eigenvalue weighted by molar-refractivity contribution is -0.441. The van der Waals surface area contributed by atoms with E-state index in [0.29, 0.717) is 6.07 Å². The summed E-state index contributed by atoms with van der Waals surface area (Å²) in [5.41, 5.74) is -4.46. The molecule has 0 aliphatic heterocycles. The van der Waals surface area contributed by atoms with Gasteiger partial charge in [-0.2, -0.15) is 0 Å². The molecule has 0 amide bonds. The summed E-state index contributed by atoms with van der Waals surface area (Å²) < 4.78 is 0. The summed E-state index contributed by atoms with van der Waals surface area (Å²) in [7, 11) is 0. The van der Waals surface area contributed by atoms with Crippen LogP contribution >= 0.6 is 0 Å². The van der Waals surface area contributed by atoms with Crippen LogP contribution in [0.25, 0.3) is 0 Å². The molecule has 0 saturated heterocycles. The van der Waals surface area contributed by atoms with Gasteiger partial charge in [0.05, 0.1) is 14.8 Å². The van der Waals surface area contributed by atoms with Crippen LogP contribution in [0.3, 0.4) is 0 Å². The number of phenolic OH excluding ortho intramolecular Hbond substituents is 2. The van der Waals surface area contributed by atoms with Gasteiger partial charge >= 0.3 is 17.1 Å². The summed E-state index contributed by atoms with van der Waals surface area (Å²) in [5, 5.41) is 49.6. The minimum Gasteiger partial charge on any atom is -0.502 e. The summed E-state index contributed by atoms with van der Waals surface area (Å²) in [6.45, 7) is 0. The Labute approximate surface area is 91.0 Å². The third-order valence-electron chi connectivity index (χ3n) is 1.76. The Kier molecular flexibility index (Phi) is 2.76. The molecule has 1 aromatic carbocycles. The van der Waals surface area contributed by atoms with Crippen LogP contribution in [0.4, 0.5) is 17.1 Å². The van der Waals surface area contributed by atoms with Crippen molar-refractivity contribution < 1.29 is 25.0 Å². The third-order valence-corrected chi connectivity index (χ3v) is 1.76. The van der Waals surface area contributed by atoms with Crippen LogP contribution in [0.2, 0.25) is 0 Å². The molecule has 0 saturated carbocycles. The number of nitrogens with zero attached hydrogens (tertiary/aromatic N) is 3. The molecule has 0 fully saturated rings. The maximum atomic E-state index is 10.5. The second-order valence-electron chi connectivity index (χ2n) is 2.73. The summed E-state index contributed by atoms with van der Waals surface area (Å²) in [6, 6.07) is 0.295. The van der Waals surface area contributed by atoms with E-state index in [1.165, 1.54) is 0 Å². The topological polar surface area (TPSA) is 170 Å². The van der Waals surface area contributed by atoms with Gasteiger partial charge in [0.1, 0.15) is 0 Å². The zero-order chi connectivity index (χ0) is 13.3. The molecule has 17 heavy (non-hydrogen) atoms. The Morgan fingerprint density at radius 2 is 1.06 bits per heavy atom. The highest BCUT2D eigenvalue weighted by Gasteiger charge is 2.42. The molecule has 2 N–H and O–H groups in total. The first-order valence-corrected chi connectivity index (χ1v) is 3.79. The molecular weight excluding hydrogens is 242 g/mol. The van der Waals surface area contributed by atoms with Gasteiger partial charge < -0.3 is 10.2 Å². The molecule has 0 unspecified atom stereocenters. The summed E-state index contributed by atoms with van der Waals surface area (Å²) in [5.74, 6) is -2.46. The second kappa shape index (κ2) is 3.88. The number of aromatic hydroxyl groups is 2. The maximum Gasteiger partial charge on any atom is 0.430 e. The van der Waals surface area contributed by atoms with Crippen molar-refractivity contribution in [3.63, 3.8) is 0 Å². The van der Waals surface area contributed by atoms with Crippen LogP contribution < -0.4 is 0 Å². The van der Waals surface area contributed by atoms with Crippen molar-refractivity contribution in [3.05, 3.63) is 36.4 Å². The molecule has 90 valence electrons. The number of phenols is 2. The summed E-state index contributed by atoms with van der Waals surface area (Å²) >= 11 is 0. The number of nitro benzene ring substituents is 3. The fraction of sp³-hybridized carbons (Fsp3) is 0. The first-order valence-electron chi connectivity index (χ1n) is 3.79. The number of rotatable bonds is 3. The number of nitro groups is 3. The van der Waals surface area contributed by atoms with Gasteiger partial charge in [0.2, 0.25) is 11.5 Å². The average Bonchev–Trinajstić information content (AvgIpc) is 2.14. The first kappa shape index (κ1) is 12.1. The van der Waals surface area contributed by atoms with Crippen molar-refractivity contribution in [1.82, 2.24) is 0 Å². The normalized spacial score (nSPS) is 9.88. The fourth-order valence-electron chi connectivity index (χ4n) is 1.15. The van der Waals surface area contributed by atoms with Crippen molar-refractivity contribution in [2.45, 2.75) is 0 Å². The third kappa shape index (κ3) is 1.88. The van der Waals surface area contributed by atoms with Gasteiger partial charge in [-0.3, -0.25) is 30.3 Å². The van der Waals surface area contributed by atoms with Crippen LogP contribution in [0.1, 0.15) is 0 Å². The van der Waals surface area contributed by atoms with Gasteiger partial charge in [0.15, 0.2) is 0 Å². The van der Waals surface area contributed by atoms with E-state index in [1.54, 1.807) is 0 Å². The Morgan fingerprint density at radius 3 is 1.29 bits per heavy atom. The van der Waals surface area contributed by atoms with E-state index in [0.717, 1.165) is 0 Å². The van der Waals surface area contributed by atoms with Crippen molar-refractivity contribution in [2.75, 3.05) is 0 Å². The lowest BCUT2D eigenvalue weighted by atomic mass is 10.2. The summed E-state index contributed by atoms with van der Waals surface area (Å²) in [6.07, 6.45) is 0. The van der Waals surface area contributed by atoms with Gasteiger partial charge in [-0.05, 0) is 0 Å². The largest absolute Gasteiger partial charge is 0.502 e. The Morgan fingerprint density at radius 1 is 0.765 bits per heavy atom.